The zero-order chi connectivity index (χ0) is 16.4. The third-order valence-electron chi connectivity index (χ3n) is 3.68. The Morgan fingerprint density at radius 2 is 2.39 bits per heavy atom. The van der Waals surface area contributed by atoms with Crippen LogP contribution in [0.15, 0.2) is 18.2 Å². The molecule has 1 unspecified atom stereocenters. The summed E-state index contributed by atoms with van der Waals surface area (Å²) in [6.45, 7) is 1.05. The minimum Gasteiger partial charge on any atom is -0.377 e. The van der Waals surface area contributed by atoms with Crippen molar-refractivity contribution in [3.8, 4) is 0 Å². The van der Waals surface area contributed by atoms with Crippen molar-refractivity contribution in [2.45, 2.75) is 32.0 Å². The topological polar surface area (TPSA) is 95.1 Å². The summed E-state index contributed by atoms with van der Waals surface area (Å²) < 4.78 is 20.1. The van der Waals surface area contributed by atoms with Gasteiger partial charge in [-0.15, -0.1) is 0 Å². The predicted octanol–water partition coefficient (Wildman–Crippen LogP) is 2.42. The van der Waals surface area contributed by atoms with Crippen LogP contribution >= 0.6 is 0 Å². The van der Waals surface area contributed by atoms with Gasteiger partial charge in [0.25, 0.3) is 5.69 Å². The SMILES string of the molecule is COCc1nc2n(n1)CCCC2Nc1ccc(F)cc1[N+](=O)[O-]. The normalized spacial score (nSPS) is 16.9. The fourth-order valence-electron chi connectivity index (χ4n) is 2.69. The van der Waals surface area contributed by atoms with Crippen molar-refractivity contribution in [3.05, 3.63) is 45.8 Å². The number of anilines is 1. The number of nitrogens with zero attached hydrogens (tertiary/aromatic N) is 4. The van der Waals surface area contributed by atoms with E-state index in [4.69, 9.17) is 4.74 Å². The van der Waals surface area contributed by atoms with E-state index in [-0.39, 0.29) is 17.4 Å². The van der Waals surface area contributed by atoms with Crippen molar-refractivity contribution in [2.75, 3.05) is 12.4 Å². The lowest BCUT2D eigenvalue weighted by Crippen LogP contribution is -2.23. The van der Waals surface area contributed by atoms with Gasteiger partial charge in [0.15, 0.2) is 5.82 Å². The van der Waals surface area contributed by atoms with Gasteiger partial charge in [-0.2, -0.15) is 5.10 Å². The third-order valence-corrected chi connectivity index (χ3v) is 3.68. The number of halogens is 1. The van der Waals surface area contributed by atoms with E-state index in [1.165, 1.54) is 12.1 Å². The Morgan fingerprint density at radius 3 is 3.13 bits per heavy atom. The molecule has 1 aliphatic heterocycles. The van der Waals surface area contributed by atoms with Crippen LogP contribution in [0.5, 0.6) is 0 Å². The first kappa shape index (κ1) is 15.3. The van der Waals surface area contributed by atoms with Crippen molar-refractivity contribution < 1.29 is 14.1 Å². The smallest absolute Gasteiger partial charge is 0.295 e. The molecular formula is C14H16FN5O3. The Bertz CT molecular complexity index is 733. The molecule has 1 N–H and O–H groups in total. The van der Waals surface area contributed by atoms with E-state index < -0.39 is 10.7 Å². The molecular weight excluding hydrogens is 305 g/mol. The number of hydrogen-bond acceptors (Lipinski definition) is 6. The quantitative estimate of drug-likeness (QED) is 0.671. The van der Waals surface area contributed by atoms with Crippen LogP contribution in [0.2, 0.25) is 0 Å². The van der Waals surface area contributed by atoms with Gasteiger partial charge >= 0.3 is 0 Å². The largest absolute Gasteiger partial charge is 0.377 e. The highest BCUT2D eigenvalue weighted by atomic mass is 19.1. The number of ether oxygens (including phenoxy) is 1. The molecule has 2 aromatic rings. The number of nitro groups is 1. The molecule has 0 saturated carbocycles. The summed E-state index contributed by atoms with van der Waals surface area (Å²) in [5.41, 5.74) is -0.0232. The number of benzene rings is 1. The fraction of sp³-hybridized carbons (Fsp3) is 0.429. The van der Waals surface area contributed by atoms with Crippen LogP contribution in [0.3, 0.4) is 0 Å². The van der Waals surface area contributed by atoms with Crippen molar-refractivity contribution in [3.63, 3.8) is 0 Å². The van der Waals surface area contributed by atoms with Crippen molar-refractivity contribution in [1.29, 1.82) is 0 Å². The molecule has 1 aliphatic rings. The second kappa shape index (κ2) is 6.29. The average Bonchev–Trinajstić information content (AvgIpc) is 2.93. The first-order chi connectivity index (χ1) is 11.1. The van der Waals surface area contributed by atoms with E-state index in [0.717, 1.165) is 25.5 Å². The summed E-state index contributed by atoms with van der Waals surface area (Å²) >= 11 is 0. The van der Waals surface area contributed by atoms with Gasteiger partial charge in [-0.25, -0.2) is 14.1 Å². The lowest BCUT2D eigenvalue weighted by Gasteiger charge is -2.23. The predicted molar refractivity (Wildman–Crippen MR) is 79.4 cm³/mol. The number of fused-ring (bicyclic) bond motifs is 1. The first-order valence-corrected chi connectivity index (χ1v) is 7.21. The molecule has 0 bridgehead atoms. The number of rotatable bonds is 5. The van der Waals surface area contributed by atoms with Crippen LogP contribution in [0.1, 0.15) is 30.5 Å². The van der Waals surface area contributed by atoms with E-state index in [2.05, 4.69) is 15.4 Å². The number of aryl methyl sites for hydroxylation is 1. The van der Waals surface area contributed by atoms with E-state index in [9.17, 15) is 14.5 Å². The number of methoxy groups -OCH3 is 1. The van der Waals surface area contributed by atoms with E-state index in [1.54, 1.807) is 11.8 Å². The molecule has 1 aromatic heterocycles. The van der Waals surface area contributed by atoms with Crippen molar-refractivity contribution in [2.24, 2.45) is 0 Å². The Kier molecular flexibility index (Phi) is 4.20. The average molecular weight is 321 g/mol. The minimum absolute atomic E-state index is 0.217. The second-order valence-electron chi connectivity index (χ2n) is 5.30. The Balaban J connectivity index is 1.89. The van der Waals surface area contributed by atoms with Crippen molar-refractivity contribution >= 4 is 11.4 Å². The van der Waals surface area contributed by atoms with Crippen LogP contribution in [0, 0.1) is 15.9 Å². The number of hydrogen-bond donors (Lipinski definition) is 1. The van der Waals surface area contributed by atoms with Crippen molar-refractivity contribution in [1.82, 2.24) is 14.8 Å². The zero-order valence-corrected chi connectivity index (χ0v) is 12.5. The highest BCUT2D eigenvalue weighted by Gasteiger charge is 2.26. The van der Waals surface area contributed by atoms with E-state index in [1.807, 2.05) is 0 Å². The van der Waals surface area contributed by atoms with Crippen LogP contribution in [0.25, 0.3) is 0 Å². The van der Waals surface area contributed by atoms with Gasteiger partial charge in [-0.3, -0.25) is 10.1 Å². The molecule has 3 rings (SSSR count). The Morgan fingerprint density at radius 1 is 1.57 bits per heavy atom. The Hall–Kier alpha value is -2.55. The van der Waals surface area contributed by atoms with Gasteiger partial charge in [0.05, 0.1) is 17.0 Å². The molecule has 0 saturated heterocycles. The summed E-state index contributed by atoms with van der Waals surface area (Å²) in [6, 6.07) is 3.26. The highest BCUT2D eigenvalue weighted by molar-refractivity contribution is 5.62. The molecule has 0 aliphatic carbocycles. The molecule has 8 nitrogen and oxygen atoms in total. The molecule has 9 heteroatoms. The summed E-state index contributed by atoms with van der Waals surface area (Å²) in [5, 5.41) is 18.5. The lowest BCUT2D eigenvalue weighted by atomic mass is 10.1. The van der Waals surface area contributed by atoms with Crippen LogP contribution in [0.4, 0.5) is 15.8 Å². The number of nitro benzene ring substituents is 1. The first-order valence-electron chi connectivity index (χ1n) is 7.21. The van der Waals surface area contributed by atoms with E-state index >= 15 is 0 Å². The van der Waals surface area contributed by atoms with Gasteiger partial charge in [0.2, 0.25) is 0 Å². The maximum absolute atomic E-state index is 13.2. The molecule has 1 aromatic carbocycles. The molecule has 0 amide bonds. The maximum atomic E-state index is 13.2. The van der Waals surface area contributed by atoms with Gasteiger partial charge in [-0.05, 0) is 25.0 Å². The zero-order valence-electron chi connectivity index (χ0n) is 12.5. The van der Waals surface area contributed by atoms with Crippen LogP contribution in [-0.2, 0) is 17.9 Å². The summed E-state index contributed by atoms with van der Waals surface area (Å²) in [4.78, 5) is 14.9. The fourth-order valence-corrected chi connectivity index (χ4v) is 2.69. The molecule has 0 spiro atoms. The monoisotopic (exact) mass is 321 g/mol. The maximum Gasteiger partial charge on any atom is 0.295 e. The molecule has 122 valence electrons. The standard InChI is InChI=1S/C14H16FN5O3/c1-23-8-13-17-14-11(3-2-6-19(14)18-13)16-10-5-4-9(15)7-12(10)20(21)22/h4-5,7,11,16H,2-3,6,8H2,1H3. The Labute approximate surface area is 131 Å². The van der Waals surface area contributed by atoms with Gasteiger partial charge < -0.3 is 10.1 Å². The molecule has 1 atom stereocenters. The number of aromatic nitrogens is 3. The van der Waals surface area contributed by atoms with Crippen LogP contribution < -0.4 is 5.32 Å². The van der Waals surface area contributed by atoms with E-state index in [0.29, 0.717) is 18.3 Å². The lowest BCUT2D eigenvalue weighted by molar-refractivity contribution is -0.384. The van der Waals surface area contributed by atoms with Crippen LogP contribution in [-0.4, -0.2) is 26.8 Å². The summed E-state index contributed by atoms with van der Waals surface area (Å²) in [6.07, 6.45) is 1.63. The van der Waals surface area contributed by atoms with Gasteiger partial charge in [0.1, 0.15) is 23.9 Å². The summed E-state index contributed by atoms with van der Waals surface area (Å²) in [7, 11) is 1.57. The third kappa shape index (κ3) is 3.14. The molecule has 2 heterocycles. The highest BCUT2D eigenvalue weighted by Crippen LogP contribution is 2.32. The molecule has 0 radical (unpaired) electrons. The number of nitrogens with one attached hydrogen (secondary N) is 1. The second-order valence-corrected chi connectivity index (χ2v) is 5.30. The minimum atomic E-state index is -0.642. The molecule has 23 heavy (non-hydrogen) atoms. The summed E-state index contributed by atoms with van der Waals surface area (Å²) in [5.74, 6) is 0.642. The van der Waals surface area contributed by atoms with Gasteiger partial charge in [0, 0.05) is 13.7 Å². The van der Waals surface area contributed by atoms with Gasteiger partial charge in [-0.1, -0.05) is 0 Å². The molecule has 0 fully saturated rings.